The summed E-state index contributed by atoms with van der Waals surface area (Å²) in [5, 5.41) is 12.8. The van der Waals surface area contributed by atoms with E-state index in [0.717, 1.165) is 23.4 Å². The first kappa shape index (κ1) is 16.8. The molecule has 0 fully saturated rings. The lowest BCUT2D eigenvalue weighted by Gasteiger charge is -2.23. The molecule has 0 amide bonds. The standard InChI is InChI=1S/C18H21FN4S/c1-23(2)16(17-4-3-9-24-17)12-20-10-14-11-21-22-18(14)13-5-7-15(19)8-6-13/h3-9,11,16,20H,10,12H2,1-2H3,(H,21,22)/t16-/m0/s1. The number of H-pyrrole nitrogens is 1. The van der Waals surface area contributed by atoms with Crippen LogP contribution in [0.25, 0.3) is 11.3 Å². The number of aromatic amines is 1. The Bertz CT molecular complexity index is 750. The van der Waals surface area contributed by atoms with Gasteiger partial charge in [0.15, 0.2) is 0 Å². The fraction of sp³-hybridized carbons (Fsp3) is 0.278. The van der Waals surface area contributed by atoms with Crippen LogP contribution in [-0.4, -0.2) is 35.7 Å². The summed E-state index contributed by atoms with van der Waals surface area (Å²) in [6, 6.07) is 11.0. The molecule has 0 unspecified atom stereocenters. The maximum absolute atomic E-state index is 13.1. The van der Waals surface area contributed by atoms with Gasteiger partial charge in [-0.1, -0.05) is 6.07 Å². The molecule has 4 nitrogen and oxygen atoms in total. The van der Waals surface area contributed by atoms with E-state index in [4.69, 9.17) is 0 Å². The van der Waals surface area contributed by atoms with E-state index in [9.17, 15) is 4.39 Å². The highest BCUT2D eigenvalue weighted by molar-refractivity contribution is 7.10. The molecule has 3 rings (SSSR count). The Morgan fingerprint density at radius 3 is 2.71 bits per heavy atom. The molecule has 0 radical (unpaired) electrons. The van der Waals surface area contributed by atoms with Crippen LogP contribution in [0.1, 0.15) is 16.5 Å². The van der Waals surface area contributed by atoms with E-state index in [1.54, 1.807) is 23.5 Å². The first-order valence-electron chi connectivity index (χ1n) is 7.84. The van der Waals surface area contributed by atoms with Crippen LogP contribution in [-0.2, 0) is 6.54 Å². The summed E-state index contributed by atoms with van der Waals surface area (Å²) >= 11 is 1.77. The highest BCUT2D eigenvalue weighted by Gasteiger charge is 2.15. The average molecular weight is 344 g/mol. The third-order valence-corrected chi connectivity index (χ3v) is 4.97. The molecule has 1 aromatic carbocycles. The molecule has 3 aromatic rings. The summed E-state index contributed by atoms with van der Waals surface area (Å²) in [5.41, 5.74) is 2.94. The molecule has 1 atom stereocenters. The molecule has 0 saturated heterocycles. The van der Waals surface area contributed by atoms with E-state index in [-0.39, 0.29) is 5.82 Å². The van der Waals surface area contributed by atoms with Gasteiger partial charge in [0.05, 0.1) is 17.9 Å². The second-order valence-electron chi connectivity index (χ2n) is 5.90. The molecule has 0 spiro atoms. The first-order valence-corrected chi connectivity index (χ1v) is 8.72. The Morgan fingerprint density at radius 1 is 1.25 bits per heavy atom. The summed E-state index contributed by atoms with van der Waals surface area (Å²) < 4.78 is 13.1. The van der Waals surface area contributed by atoms with E-state index < -0.39 is 0 Å². The van der Waals surface area contributed by atoms with Gasteiger partial charge in [0.1, 0.15) is 5.82 Å². The van der Waals surface area contributed by atoms with Crippen LogP contribution < -0.4 is 5.32 Å². The molecule has 24 heavy (non-hydrogen) atoms. The lowest BCUT2D eigenvalue weighted by atomic mass is 10.1. The van der Waals surface area contributed by atoms with Crippen LogP contribution in [0.3, 0.4) is 0 Å². The monoisotopic (exact) mass is 344 g/mol. The SMILES string of the molecule is CN(C)[C@@H](CNCc1cn[nH]c1-c1ccc(F)cc1)c1cccs1. The zero-order chi connectivity index (χ0) is 16.9. The van der Waals surface area contributed by atoms with Crippen molar-refractivity contribution < 1.29 is 4.39 Å². The highest BCUT2D eigenvalue weighted by Crippen LogP contribution is 2.24. The van der Waals surface area contributed by atoms with Crippen LogP contribution >= 0.6 is 11.3 Å². The van der Waals surface area contributed by atoms with Crippen molar-refractivity contribution in [1.29, 1.82) is 0 Å². The number of hydrogen-bond donors (Lipinski definition) is 2. The van der Waals surface area contributed by atoms with Crippen LogP contribution in [0.15, 0.2) is 48.0 Å². The second kappa shape index (κ2) is 7.70. The molecular formula is C18H21FN4S. The number of likely N-dealkylation sites (N-methyl/N-ethyl adjacent to an activating group) is 1. The van der Waals surface area contributed by atoms with Gasteiger partial charge in [-0.05, 0) is 49.8 Å². The van der Waals surface area contributed by atoms with Gasteiger partial charge in [-0.3, -0.25) is 5.10 Å². The molecule has 2 N–H and O–H groups in total. The van der Waals surface area contributed by atoms with Crippen molar-refractivity contribution in [3.63, 3.8) is 0 Å². The molecule has 2 heterocycles. The lowest BCUT2D eigenvalue weighted by Crippen LogP contribution is -2.30. The quantitative estimate of drug-likeness (QED) is 0.687. The van der Waals surface area contributed by atoms with Gasteiger partial charge < -0.3 is 10.2 Å². The Kier molecular flexibility index (Phi) is 5.40. The Balaban J connectivity index is 1.65. The third-order valence-electron chi connectivity index (χ3n) is 4.00. The Hall–Kier alpha value is -2.02. The first-order chi connectivity index (χ1) is 11.6. The molecule has 2 aromatic heterocycles. The Labute approximate surface area is 145 Å². The van der Waals surface area contributed by atoms with Gasteiger partial charge in [-0.2, -0.15) is 5.10 Å². The maximum atomic E-state index is 13.1. The number of nitrogens with zero attached hydrogens (tertiary/aromatic N) is 2. The largest absolute Gasteiger partial charge is 0.311 e. The fourth-order valence-electron chi connectivity index (χ4n) is 2.67. The number of benzene rings is 1. The number of nitrogens with one attached hydrogen (secondary N) is 2. The highest BCUT2D eigenvalue weighted by atomic mass is 32.1. The minimum atomic E-state index is -0.234. The second-order valence-corrected chi connectivity index (χ2v) is 6.88. The normalized spacial score (nSPS) is 12.7. The topological polar surface area (TPSA) is 44.0 Å². The smallest absolute Gasteiger partial charge is 0.123 e. The molecule has 0 aliphatic carbocycles. The molecule has 6 heteroatoms. The maximum Gasteiger partial charge on any atom is 0.123 e. The van der Waals surface area contributed by atoms with Gasteiger partial charge in [0.25, 0.3) is 0 Å². The summed E-state index contributed by atoms with van der Waals surface area (Å²) in [6.45, 7) is 1.56. The predicted molar refractivity (Wildman–Crippen MR) is 96.4 cm³/mol. The van der Waals surface area contributed by atoms with Crippen molar-refractivity contribution >= 4 is 11.3 Å². The van der Waals surface area contributed by atoms with Gasteiger partial charge in [-0.15, -0.1) is 11.3 Å². The molecule has 0 bridgehead atoms. The minimum Gasteiger partial charge on any atom is -0.311 e. The lowest BCUT2D eigenvalue weighted by molar-refractivity contribution is 0.292. The molecule has 0 aliphatic rings. The zero-order valence-electron chi connectivity index (χ0n) is 13.8. The van der Waals surface area contributed by atoms with Crippen LogP contribution in [0, 0.1) is 5.82 Å². The number of rotatable bonds is 7. The van der Waals surface area contributed by atoms with Crippen LogP contribution in [0.5, 0.6) is 0 Å². The van der Waals surface area contributed by atoms with E-state index in [1.165, 1.54) is 17.0 Å². The molecule has 0 aliphatic heterocycles. The average Bonchev–Trinajstić information content (AvgIpc) is 3.23. The van der Waals surface area contributed by atoms with Crippen LogP contribution in [0.4, 0.5) is 4.39 Å². The van der Waals surface area contributed by atoms with Gasteiger partial charge in [0.2, 0.25) is 0 Å². The van der Waals surface area contributed by atoms with Crippen molar-refractivity contribution in [2.24, 2.45) is 0 Å². The van der Waals surface area contributed by atoms with Crippen molar-refractivity contribution in [2.75, 3.05) is 20.6 Å². The number of aromatic nitrogens is 2. The van der Waals surface area contributed by atoms with Gasteiger partial charge in [0, 0.05) is 29.1 Å². The van der Waals surface area contributed by atoms with Crippen molar-refractivity contribution in [2.45, 2.75) is 12.6 Å². The molecular weight excluding hydrogens is 323 g/mol. The van der Waals surface area contributed by atoms with Crippen molar-refractivity contribution in [3.8, 4) is 11.3 Å². The van der Waals surface area contributed by atoms with E-state index in [0.29, 0.717) is 12.6 Å². The number of hydrogen-bond acceptors (Lipinski definition) is 4. The van der Waals surface area contributed by atoms with E-state index in [2.05, 4.69) is 52.0 Å². The number of thiophene rings is 1. The molecule has 126 valence electrons. The summed E-state index contributed by atoms with van der Waals surface area (Å²) in [5.74, 6) is -0.234. The van der Waals surface area contributed by atoms with Crippen molar-refractivity contribution in [3.05, 3.63) is 64.2 Å². The zero-order valence-corrected chi connectivity index (χ0v) is 14.6. The molecule has 0 saturated carbocycles. The fourth-order valence-corrected chi connectivity index (χ4v) is 3.60. The van der Waals surface area contributed by atoms with Gasteiger partial charge in [-0.25, -0.2) is 4.39 Å². The van der Waals surface area contributed by atoms with Crippen LogP contribution in [0.2, 0.25) is 0 Å². The number of halogens is 1. The van der Waals surface area contributed by atoms with Crippen molar-refractivity contribution in [1.82, 2.24) is 20.4 Å². The Morgan fingerprint density at radius 2 is 2.04 bits per heavy atom. The van der Waals surface area contributed by atoms with Gasteiger partial charge >= 0.3 is 0 Å². The summed E-state index contributed by atoms with van der Waals surface area (Å²) in [4.78, 5) is 3.56. The summed E-state index contributed by atoms with van der Waals surface area (Å²) in [6.07, 6.45) is 1.82. The minimum absolute atomic E-state index is 0.234. The third kappa shape index (κ3) is 3.90. The predicted octanol–water partition coefficient (Wildman–Crippen LogP) is 3.67. The van der Waals surface area contributed by atoms with E-state index >= 15 is 0 Å². The van der Waals surface area contributed by atoms with E-state index in [1.807, 2.05) is 6.20 Å². The summed E-state index contributed by atoms with van der Waals surface area (Å²) in [7, 11) is 4.18.